The third kappa shape index (κ3) is 3.55. The number of benzene rings is 2. The van der Waals surface area contributed by atoms with E-state index in [0.717, 1.165) is 16.7 Å². The van der Waals surface area contributed by atoms with Crippen molar-refractivity contribution in [3.63, 3.8) is 0 Å². The fourth-order valence-corrected chi connectivity index (χ4v) is 2.06. The molecule has 0 bridgehead atoms. The van der Waals surface area contributed by atoms with Gasteiger partial charge in [-0.1, -0.05) is 56.3 Å². The van der Waals surface area contributed by atoms with Crippen LogP contribution in [0, 0.1) is 5.82 Å². The van der Waals surface area contributed by atoms with Crippen molar-refractivity contribution in [3.05, 3.63) is 71.0 Å². The van der Waals surface area contributed by atoms with E-state index in [1.165, 1.54) is 0 Å². The molecule has 0 saturated heterocycles. The minimum atomic E-state index is -0.276. The number of hydrogen-bond acceptors (Lipinski definition) is 1. The van der Waals surface area contributed by atoms with Crippen LogP contribution in [0.15, 0.2) is 48.5 Å². The minimum absolute atomic E-state index is 0. The van der Waals surface area contributed by atoms with Crippen molar-refractivity contribution in [2.24, 2.45) is 5.73 Å². The second-order valence-electron chi connectivity index (χ2n) is 4.82. The highest BCUT2D eigenvalue weighted by Crippen LogP contribution is 2.24. The maximum absolute atomic E-state index is 13.9. The van der Waals surface area contributed by atoms with E-state index < -0.39 is 0 Å². The molecule has 0 saturated carbocycles. The molecule has 2 N–H and O–H groups in total. The molecule has 0 aliphatic rings. The lowest BCUT2D eigenvalue weighted by atomic mass is 9.95. The van der Waals surface area contributed by atoms with Crippen LogP contribution < -0.4 is 5.73 Å². The van der Waals surface area contributed by atoms with Gasteiger partial charge in [-0.05, 0) is 28.7 Å². The highest BCUT2D eigenvalue weighted by molar-refractivity contribution is 5.85. The molecule has 0 aliphatic heterocycles. The van der Waals surface area contributed by atoms with E-state index in [-0.39, 0.29) is 30.2 Å². The van der Waals surface area contributed by atoms with Crippen molar-refractivity contribution >= 4 is 12.4 Å². The number of rotatable bonds is 3. The van der Waals surface area contributed by atoms with Gasteiger partial charge in [0.05, 0.1) is 6.04 Å². The predicted molar refractivity (Wildman–Crippen MR) is 80.2 cm³/mol. The molecule has 0 fully saturated rings. The summed E-state index contributed by atoms with van der Waals surface area (Å²) < 4.78 is 13.9. The largest absolute Gasteiger partial charge is 0.320 e. The van der Waals surface area contributed by atoms with E-state index >= 15 is 0 Å². The van der Waals surface area contributed by atoms with Gasteiger partial charge < -0.3 is 5.73 Å². The van der Waals surface area contributed by atoms with Crippen LogP contribution in [0.4, 0.5) is 4.39 Å². The zero-order valence-electron chi connectivity index (χ0n) is 11.1. The minimum Gasteiger partial charge on any atom is -0.320 e. The highest BCUT2D eigenvalue weighted by atomic mass is 35.5. The smallest absolute Gasteiger partial charge is 0.127 e. The fourth-order valence-electron chi connectivity index (χ4n) is 2.06. The zero-order chi connectivity index (χ0) is 13.1. The van der Waals surface area contributed by atoms with Gasteiger partial charge in [0.1, 0.15) is 5.82 Å². The maximum atomic E-state index is 13.9. The molecule has 2 aromatic rings. The third-order valence-corrected chi connectivity index (χ3v) is 3.16. The molecule has 19 heavy (non-hydrogen) atoms. The maximum Gasteiger partial charge on any atom is 0.127 e. The second-order valence-corrected chi connectivity index (χ2v) is 4.82. The molecule has 0 amide bonds. The number of hydrogen-bond donors (Lipinski definition) is 1. The summed E-state index contributed by atoms with van der Waals surface area (Å²) >= 11 is 0. The fraction of sp³-hybridized carbons (Fsp3) is 0.250. The van der Waals surface area contributed by atoms with Crippen LogP contribution in [-0.2, 0) is 0 Å². The molecular formula is C16H19ClFN. The van der Waals surface area contributed by atoms with Gasteiger partial charge in [-0.2, -0.15) is 0 Å². The topological polar surface area (TPSA) is 26.0 Å². The molecule has 2 aromatic carbocycles. The highest BCUT2D eigenvalue weighted by Gasteiger charge is 2.12. The van der Waals surface area contributed by atoms with E-state index in [4.69, 9.17) is 5.73 Å². The molecule has 1 nitrogen and oxygen atoms in total. The number of nitrogens with two attached hydrogens (primary N) is 1. The van der Waals surface area contributed by atoms with Gasteiger partial charge >= 0.3 is 0 Å². The van der Waals surface area contributed by atoms with Crippen molar-refractivity contribution in [2.45, 2.75) is 25.8 Å². The first-order valence-corrected chi connectivity index (χ1v) is 6.19. The molecule has 3 heteroatoms. The molecule has 0 aromatic heterocycles. The van der Waals surface area contributed by atoms with Crippen LogP contribution in [-0.4, -0.2) is 0 Å². The summed E-state index contributed by atoms with van der Waals surface area (Å²) in [5.74, 6) is 0.0147. The molecule has 0 heterocycles. The number of halogens is 2. The van der Waals surface area contributed by atoms with Crippen molar-refractivity contribution in [2.75, 3.05) is 0 Å². The average molecular weight is 280 g/mol. The van der Waals surface area contributed by atoms with Gasteiger partial charge in [0.2, 0.25) is 0 Å². The Kier molecular flexibility index (Phi) is 5.52. The quantitative estimate of drug-likeness (QED) is 0.884. The Hall–Kier alpha value is -1.38. The van der Waals surface area contributed by atoms with Gasteiger partial charge in [0, 0.05) is 0 Å². The summed E-state index contributed by atoms with van der Waals surface area (Å²) in [6.45, 7) is 3.96. The van der Waals surface area contributed by atoms with E-state index in [1.54, 1.807) is 6.07 Å². The molecule has 0 radical (unpaired) electrons. The first-order chi connectivity index (χ1) is 8.59. The van der Waals surface area contributed by atoms with E-state index in [9.17, 15) is 4.39 Å². The summed E-state index contributed by atoms with van der Waals surface area (Å²) in [7, 11) is 0. The summed E-state index contributed by atoms with van der Waals surface area (Å²) in [5.41, 5.74) is 8.68. The van der Waals surface area contributed by atoms with Crippen molar-refractivity contribution < 1.29 is 4.39 Å². The lowest BCUT2D eigenvalue weighted by Crippen LogP contribution is -2.12. The normalized spacial score (nSPS) is 12.1. The lowest BCUT2D eigenvalue weighted by molar-refractivity contribution is 0.594. The van der Waals surface area contributed by atoms with E-state index in [2.05, 4.69) is 0 Å². The molecular weight excluding hydrogens is 261 g/mol. The van der Waals surface area contributed by atoms with Crippen LogP contribution >= 0.6 is 12.4 Å². The first-order valence-electron chi connectivity index (χ1n) is 6.19. The van der Waals surface area contributed by atoms with Gasteiger partial charge in [-0.3, -0.25) is 0 Å². The molecule has 2 rings (SSSR count). The Morgan fingerprint density at radius 3 is 2.11 bits per heavy atom. The zero-order valence-corrected chi connectivity index (χ0v) is 12.0. The summed E-state index contributed by atoms with van der Waals surface area (Å²) in [4.78, 5) is 0. The van der Waals surface area contributed by atoms with Crippen LogP contribution in [0.3, 0.4) is 0 Å². The van der Waals surface area contributed by atoms with Crippen LogP contribution in [0.1, 0.15) is 42.5 Å². The second kappa shape index (κ2) is 6.69. The first kappa shape index (κ1) is 15.7. The average Bonchev–Trinajstić information content (AvgIpc) is 2.38. The van der Waals surface area contributed by atoms with Gasteiger partial charge in [0.15, 0.2) is 0 Å². The van der Waals surface area contributed by atoms with Gasteiger partial charge in [-0.15, -0.1) is 12.4 Å². The molecule has 102 valence electrons. The van der Waals surface area contributed by atoms with E-state index in [0.29, 0.717) is 0 Å². The van der Waals surface area contributed by atoms with Gasteiger partial charge in [0.25, 0.3) is 0 Å². The van der Waals surface area contributed by atoms with Crippen molar-refractivity contribution in [3.8, 4) is 0 Å². The van der Waals surface area contributed by atoms with Crippen molar-refractivity contribution in [1.82, 2.24) is 0 Å². The predicted octanol–water partition coefficient (Wildman–Crippen LogP) is 4.42. The third-order valence-electron chi connectivity index (χ3n) is 3.16. The SMILES string of the molecule is CC(C)c1ccc(C(N)c2ccccc2)cc1F.Cl. The standard InChI is InChI=1S/C16H18FN.ClH/c1-11(2)14-9-8-13(10-15(14)17)16(18)12-6-4-3-5-7-12;/h3-11,16H,18H2,1-2H3;1H. The Morgan fingerprint density at radius 2 is 1.58 bits per heavy atom. The summed E-state index contributed by atoms with van der Waals surface area (Å²) in [5, 5.41) is 0. The molecule has 0 aliphatic carbocycles. The monoisotopic (exact) mass is 279 g/mol. The Labute approximate surface area is 120 Å². The molecule has 1 atom stereocenters. The molecule has 0 spiro atoms. The summed E-state index contributed by atoms with van der Waals surface area (Å²) in [6.07, 6.45) is 0. The Morgan fingerprint density at radius 1 is 0.947 bits per heavy atom. The van der Waals surface area contributed by atoms with Crippen molar-refractivity contribution in [1.29, 1.82) is 0 Å². The van der Waals surface area contributed by atoms with Crippen LogP contribution in [0.25, 0.3) is 0 Å². The van der Waals surface area contributed by atoms with E-state index in [1.807, 2.05) is 56.3 Å². The lowest BCUT2D eigenvalue weighted by Gasteiger charge is -2.15. The van der Waals surface area contributed by atoms with Gasteiger partial charge in [-0.25, -0.2) is 4.39 Å². The van der Waals surface area contributed by atoms with Crippen LogP contribution in [0.5, 0.6) is 0 Å². The molecule has 1 unspecified atom stereocenters. The Balaban J connectivity index is 0.00000180. The Bertz CT molecular complexity index is 526. The summed E-state index contributed by atoms with van der Waals surface area (Å²) in [6, 6.07) is 14.8. The van der Waals surface area contributed by atoms with Crippen LogP contribution in [0.2, 0.25) is 0 Å².